The number of rotatable bonds is 2. The molecule has 0 unspecified atom stereocenters. The zero-order chi connectivity index (χ0) is 13.4. The van der Waals surface area contributed by atoms with E-state index >= 15 is 0 Å². The third kappa shape index (κ3) is 4.25. The first-order valence-corrected chi connectivity index (χ1v) is 7.40. The van der Waals surface area contributed by atoms with Crippen LogP contribution in [0.5, 0.6) is 0 Å². The van der Waals surface area contributed by atoms with Crippen molar-refractivity contribution in [3.8, 4) is 0 Å². The zero-order valence-corrected chi connectivity index (χ0v) is 12.2. The Morgan fingerprint density at radius 1 is 1.11 bits per heavy atom. The van der Waals surface area contributed by atoms with Crippen LogP contribution in [0.3, 0.4) is 0 Å². The van der Waals surface area contributed by atoms with Gasteiger partial charge in [-0.05, 0) is 32.5 Å². The lowest BCUT2D eigenvalue weighted by Crippen LogP contribution is -2.46. The van der Waals surface area contributed by atoms with Crippen LogP contribution in [0.1, 0.15) is 33.6 Å². The second-order valence-electron chi connectivity index (χ2n) is 4.65. The van der Waals surface area contributed by atoms with Crippen molar-refractivity contribution in [3.05, 3.63) is 0 Å². The van der Waals surface area contributed by atoms with E-state index in [1.54, 1.807) is 0 Å². The van der Waals surface area contributed by atoms with Gasteiger partial charge in [0.2, 0.25) is 5.91 Å². The largest absolute Gasteiger partial charge is 0.378 e. The van der Waals surface area contributed by atoms with Gasteiger partial charge in [-0.15, -0.1) is 0 Å². The Labute approximate surface area is 111 Å². The van der Waals surface area contributed by atoms with Gasteiger partial charge >= 0.3 is 0 Å². The van der Waals surface area contributed by atoms with Gasteiger partial charge in [0.1, 0.15) is 0 Å². The van der Waals surface area contributed by atoms with E-state index < -0.39 is 0 Å². The van der Waals surface area contributed by atoms with Crippen molar-refractivity contribution in [1.82, 2.24) is 9.80 Å². The minimum absolute atomic E-state index is 0.265. The Kier molecular flexibility index (Phi) is 7.28. The molecule has 2 saturated heterocycles. The quantitative estimate of drug-likeness (QED) is 0.752. The summed E-state index contributed by atoms with van der Waals surface area (Å²) in [7, 11) is 0. The molecule has 2 heterocycles. The van der Waals surface area contributed by atoms with Crippen LogP contribution >= 0.6 is 0 Å². The van der Waals surface area contributed by atoms with Crippen molar-refractivity contribution < 1.29 is 9.53 Å². The molecule has 0 aliphatic carbocycles. The molecular formula is C14H28N2O2. The maximum Gasteiger partial charge on any atom is 0.225 e. The first-order valence-electron chi connectivity index (χ1n) is 7.40. The first-order chi connectivity index (χ1) is 8.81. The van der Waals surface area contributed by atoms with Gasteiger partial charge in [-0.3, -0.25) is 4.79 Å². The third-order valence-corrected chi connectivity index (χ3v) is 3.71. The lowest BCUT2D eigenvalue weighted by molar-refractivity contribution is -0.141. The molecule has 4 nitrogen and oxygen atoms in total. The Hall–Kier alpha value is -0.610. The van der Waals surface area contributed by atoms with E-state index in [0.717, 1.165) is 45.6 Å². The molecular weight excluding hydrogens is 228 g/mol. The smallest absolute Gasteiger partial charge is 0.225 e. The van der Waals surface area contributed by atoms with Crippen LogP contribution in [0.2, 0.25) is 0 Å². The highest BCUT2D eigenvalue weighted by molar-refractivity contribution is 5.79. The first kappa shape index (κ1) is 15.4. The summed E-state index contributed by atoms with van der Waals surface area (Å²) in [5.41, 5.74) is 0. The molecule has 0 aromatic heterocycles. The summed E-state index contributed by atoms with van der Waals surface area (Å²) >= 11 is 0. The maximum atomic E-state index is 12.2. The molecule has 0 radical (unpaired) electrons. The van der Waals surface area contributed by atoms with Crippen LogP contribution in [-0.4, -0.2) is 61.6 Å². The van der Waals surface area contributed by atoms with E-state index in [0.29, 0.717) is 19.1 Å². The second-order valence-corrected chi connectivity index (χ2v) is 4.65. The number of hydrogen-bond acceptors (Lipinski definition) is 3. The number of hydrogen-bond donors (Lipinski definition) is 0. The molecule has 2 aliphatic rings. The Morgan fingerprint density at radius 2 is 1.67 bits per heavy atom. The molecule has 0 bridgehead atoms. The topological polar surface area (TPSA) is 32.8 Å². The summed E-state index contributed by atoms with van der Waals surface area (Å²) in [5, 5.41) is 0. The zero-order valence-electron chi connectivity index (χ0n) is 12.2. The van der Waals surface area contributed by atoms with Crippen molar-refractivity contribution in [2.45, 2.75) is 33.6 Å². The third-order valence-electron chi connectivity index (χ3n) is 3.71. The molecule has 0 saturated carbocycles. The van der Waals surface area contributed by atoms with Crippen molar-refractivity contribution in [2.75, 3.05) is 45.9 Å². The molecule has 0 spiro atoms. The summed E-state index contributed by atoms with van der Waals surface area (Å²) < 4.78 is 5.27. The van der Waals surface area contributed by atoms with Crippen LogP contribution in [0, 0.1) is 5.92 Å². The van der Waals surface area contributed by atoms with E-state index in [4.69, 9.17) is 4.74 Å². The van der Waals surface area contributed by atoms with Crippen LogP contribution < -0.4 is 0 Å². The van der Waals surface area contributed by atoms with Crippen molar-refractivity contribution in [1.29, 1.82) is 0 Å². The normalized spacial score (nSPS) is 22.3. The van der Waals surface area contributed by atoms with Gasteiger partial charge in [-0.25, -0.2) is 0 Å². The number of likely N-dealkylation sites (tertiary alicyclic amines) is 1. The Morgan fingerprint density at radius 3 is 2.17 bits per heavy atom. The Bertz CT molecular complexity index is 232. The van der Waals surface area contributed by atoms with Crippen molar-refractivity contribution >= 4 is 5.91 Å². The van der Waals surface area contributed by atoms with Crippen molar-refractivity contribution in [3.63, 3.8) is 0 Å². The summed E-state index contributed by atoms with van der Waals surface area (Å²) in [6.07, 6.45) is 2.06. The van der Waals surface area contributed by atoms with Crippen LogP contribution in [0.4, 0.5) is 0 Å². The van der Waals surface area contributed by atoms with Gasteiger partial charge in [-0.2, -0.15) is 0 Å². The second kappa shape index (κ2) is 8.48. The monoisotopic (exact) mass is 256 g/mol. The fourth-order valence-corrected chi connectivity index (χ4v) is 2.54. The van der Waals surface area contributed by atoms with E-state index in [9.17, 15) is 4.79 Å². The summed E-state index contributed by atoms with van der Waals surface area (Å²) in [4.78, 5) is 16.6. The minimum Gasteiger partial charge on any atom is -0.378 e. The van der Waals surface area contributed by atoms with Gasteiger partial charge < -0.3 is 14.5 Å². The maximum absolute atomic E-state index is 12.2. The average molecular weight is 256 g/mol. The van der Waals surface area contributed by atoms with E-state index in [1.165, 1.54) is 0 Å². The summed E-state index contributed by atoms with van der Waals surface area (Å²) in [6, 6.07) is 0. The molecule has 18 heavy (non-hydrogen) atoms. The molecule has 0 aromatic carbocycles. The number of piperidine rings is 1. The fourth-order valence-electron chi connectivity index (χ4n) is 2.54. The Balaban J connectivity index is 0.000000771. The molecule has 0 N–H and O–H groups in total. The molecule has 1 amide bonds. The molecule has 0 aromatic rings. The predicted molar refractivity (Wildman–Crippen MR) is 73.6 cm³/mol. The number of morpholine rings is 1. The molecule has 4 heteroatoms. The van der Waals surface area contributed by atoms with E-state index in [2.05, 4.69) is 11.8 Å². The highest BCUT2D eigenvalue weighted by Gasteiger charge is 2.28. The van der Waals surface area contributed by atoms with Gasteiger partial charge in [0.25, 0.3) is 0 Å². The average Bonchev–Trinajstić information content (AvgIpc) is 2.49. The predicted octanol–water partition coefficient (Wildman–Crippen LogP) is 1.60. The number of carbonyl (C=O) groups excluding carboxylic acids is 1. The minimum atomic E-state index is 0.265. The van der Waals surface area contributed by atoms with Crippen molar-refractivity contribution in [2.24, 2.45) is 5.92 Å². The molecule has 0 atom stereocenters. The molecule has 106 valence electrons. The number of ether oxygens (including phenoxy) is 1. The molecule has 2 fully saturated rings. The van der Waals surface area contributed by atoms with Crippen LogP contribution in [-0.2, 0) is 9.53 Å². The van der Waals surface area contributed by atoms with Crippen LogP contribution in [0.15, 0.2) is 0 Å². The van der Waals surface area contributed by atoms with Gasteiger partial charge in [0.15, 0.2) is 0 Å². The fraction of sp³-hybridized carbons (Fsp3) is 0.929. The number of nitrogens with zero attached hydrogens (tertiary/aromatic N) is 2. The highest BCUT2D eigenvalue weighted by Crippen LogP contribution is 2.19. The SMILES string of the molecule is CC.CCN1CCC(C(=O)N2CCOCC2)CC1. The molecule has 2 aliphatic heterocycles. The molecule has 2 rings (SSSR count). The highest BCUT2D eigenvalue weighted by atomic mass is 16.5. The number of amides is 1. The van der Waals surface area contributed by atoms with E-state index in [-0.39, 0.29) is 5.92 Å². The van der Waals surface area contributed by atoms with Gasteiger partial charge in [0.05, 0.1) is 13.2 Å². The summed E-state index contributed by atoms with van der Waals surface area (Å²) in [6.45, 7) is 12.4. The summed E-state index contributed by atoms with van der Waals surface area (Å²) in [5.74, 6) is 0.625. The lowest BCUT2D eigenvalue weighted by Gasteiger charge is -2.35. The van der Waals surface area contributed by atoms with E-state index in [1.807, 2.05) is 18.7 Å². The van der Waals surface area contributed by atoms with Gasteiger partial charge in [0, 0.05) is 19.0 Å². The van der Waals surface area contributed by atoms with Gasteiger partial charge in [-0.1, -0.05) is 20.8 Å². The standard InChI is InChI=1S/C12H22N2O2.C2H6/c1-2-13-5-3-11(4-6-13)12(15)14-7-9-16-10-8-14;1-2/h11H,2-10H2,1H3;1-2H3. The number of carbonyl (C=O) groups is 1. The van der Waals surface area contributed by atoms with Crippen LogP contribution in [0.25, 0.3) is 0 Å². The lowest BCUT2D eigenvalue weighted by atomic mass is 9.95.